The van der Waals surface area contributed by atoms with Crippen LogP contribution in [-0.4, -0.2) is 37.0 Å². The number of carbonyl (C=O) groups is 1. The number of carbonyl (C=O) groups excluding carboxylic acids is 1. The van der Waals surface area contributed by atoms with Gasteiger partial charge in [-0.05, 0) is 12.1 Å². The van der Waals surface area contributed by atoms with E-state index in [1.54, 1.807) is 4.90 Å². The van der Waals surface area contributed by atoms with Gasteiger partial charge in [-0.2, -0.15) is 5.26 Å². The molecule has 4 nitrogen and oxygen atoms in total. The molecule has 0 spiro atoms. The normalized spacial score (nSPS) is 15.4. The highest BCUT2D eigenvalue weighted by Crippen LogP contribution is 2.15. The van der Waals surface area contributed by atoms with Crippen molar-refractivity contribution in [3.05, 3.63) is 35.1 Å². The molecule has 0 aromatic heterocycles. The summed E-state index contributed by atoms with van der Waals surface area (Å²) in [6.45, 7) is 2.47. The quantitative estimate of drug-likeness (QED) is 0.778. The van der Waals surface area contributed by atoms with Gasteiger partial charge in [0.15, 0.2) is 0 Å². The molecule has 1 saturated heterocycles. The molecule has 0 radical (unpaired) electrons. The summed E-state index contributed by atoms with van der Waals surface area (Å²) >= 11 is 0. The number of nitrogens with one attached hydrogen (secondary N) is 1. The number of benzene rings is 1. The number of piperazine rings is 1. The summed E-state index contributed by atoms with van der Waals surface area (Å²) in [5.74, 6) is -1.03. The van der Waals surface area contributed by atoms with E-state index < -0.39 is 11.7 Å². The molecule has 1 aromatic rings. The van der Waals surface area contributed by atoms with E-state index in [4.69, 9.17) is 5.26 Å². The first-order valence-electron chi connectivity index (χ1n) is 5.42. The second-order valence-corrected chi connectivity index (χ2v) is 3.82. The monoisotopic (exact) mass is 233 g/mol. The Morgan fingerprint density at radius 2 is 2.12 bits per heavy atom. The van der Waals surface area contributed by atoms with Crippen molar-refractivity contribution in [2.24, 2.45) is 0 Å². The van der Waals surface area contributed by atoms with Crippen molar-refractivity contribution in [1.29, 1.82) is 5.26 Å². The second kappa shape index (κ2) is 4.93. The molecule has 1 fully saturated rings. The topological polar surface area (TPSA) is 56.1 Å². The van der Waals surface area contributed by atoms with E-state index in [1.165, 1.54) is 18.2 Å². The van der Waals surface area contributed by atoms with Crippen LogP contribution in [0.2, 0.25) is 0 Å². The molecular formula is C12H12FN3O. The molecule has 1 aliphatic heterocycles. The number of rotatable bonds is 1. The van der Waals surface area contributed by atoms with E-state index in [-0.39, 0.29) is 11.1 Å². The SMILES string of the molecule is N#Cc1cccc(F)c1C(=O)N1CCNCC1. The Morgan fingerprint density at radius 1 is 1.41 bits per heavy atom. The highest BCUT2D eigenvalue weighted by Gasteiger charge is 2.23. The van der Waals surface area contributed by atoms with Crippen LogP contribution in [0.5, 0.6) is 0 Å². The number of hydrogen-bond donors (Lipinski definition) is 1. The number of nitriles is 1. The molecule has 2 rings (SSSR count). The zero-order valence-corrected chi connectivity index (χ0v) is 9.24. The first-order chi connectivity index (χ1) is 8.24. The molecule has 0 aliphatic carbocycles. The molecule has 1 aliphatic rings. The van der Waals surface area contributed by atoms with Gasteiger partial charge in [0.25, 0.3) is 5.91 Å². The molecule has 1 heterocycles. The minimum absolute atomic E-state index is 0.0912. The summed E-state index contributed by atoms with van der Waals surface area (Å²) < 4.78 is 13.6. The lowest BCUT2D eigenvalue weighted by Crippen LogP contribution is -2.46. The van der Waals surface area contributed by atoms with Gasteiger partial charge in [-0.3, -0.25) is 4.79 Å². The van der Waals surface area contributed by atoms with Gasteiger partial charge >= 0.3 is 0 Å². The largest absolute Gasteiger partial charge is 0.336 e. The van der Waals surface area contributed by atoms with Crippen molar-refractivity contribution in [3.63, 3.8) is 0 Å². The maximum atomic E-state index is 13.6. The number of halogens is 1. The van der Waals surface area contributed by atoms with Crippen molar-refractivity contribution in [1.82, 2.24) is 10.2 Å². The standard InChI is InChI=1S/C12H12FN3O/c13-10-3-1-2-9(8-14)11(10)12(17)16-6-4-15-5-7-16/h1-3,15H,4-7H2. The van der Waals surface area contributed by atoms with Crippen LogP contribution in [0.15, 0.2) is 18.2 Å². The van der Waals surface area contributed by atoms with Crippen molar-refractivity contribution < 1.29 is 9.18 Å². The van der Waals surface area contributed by atoms with Crippen molar-refractivity contribution in [2.45, 2.75) is 0 Å². The summed E-state index contributed by atoms with van der Waals surface area (Å²) in [7, 11) is 0. The number of hydrogen-bond acceptors (Lipinski definition) is 3. The maximum Gasteiger partial charge on any atom is 0.258 e. The smallest absolute Gasteiger partial charge is 0.258 e. The van der Waals surface area contributed by atoms with Gasteiger partial charge < -0.3 is 10.2 Å². The Balaban J connectivity index is 2.33. The van der Waals surface area contributed by atoms with E-state index in [0.717, 1.165) is 0 Å². The van der Waals surface area contributed by atoms with E-state index in [1.807, 2.05) is 6.07 Å². The third kappa shape index (κ3) is 2.27. The maximum absolute atomic E-state index is 13.6. The molecule has 88 valence electrons. The van der Waals surface area contributed by atoms with Crippen LogP contribution in [0.3, 0.4) is 0 Å². The predicted molar refractivity (Wildman–Crippen MR) is 59.9 cm³/mol. The lowest BCUT2D eigenvalue weighted by atomic mass is 10.1. The summed E-state index contributed by atoms with van der Waals surface area (Å²) in [5.41, 5.74) is -0.0227. The zero-order chi connectivity index (χ0) is 12.3. The Morgan fingerprint density at radius 3 is 2.76 bits per heavy atom. The highest BCUT2D eigenvalue weighted by molar-refractivity contribution is 5.97. The zero-order valence-electron chi connectivity index (χ0n) is 9.24. The Bertz CT molecular complexity index is 475. The lowest BCUT2D eigenvalue weighted by molar-refractivity contribution is 0.0730. The average molecular weight is 233 g/mol. The van der Waals surface area contributed by atoms with Crippen molar-refractivity contribution in [3.8, 4) is 6.07 Å². The summed E-state index contributed by atoms with van der Waals surface area (Å²) in [5, 5.41) is 12.0. The summed E-state index contributed by atoms with van der Waals surface area (Å²) in [6, 6.07) is 5.95. The summed E-state index contributed by atoms with van der Waals surface area (Å²) in [6.07, 6.45) is 0. The van der Waals surface area contributed by atoms with E-state index in [9.17, 15) is 9.18 Å². The fraction of sp³-hybridized carbons (Fsp3) is 0.333. The Labute approximate surface area is 98.6 Å². The highest BCUT2D eigenvalue weighted by atomic mass is 19.1. The molecular weight excluding hydrogens is 221 g/mol. The fourth-order valence-corrected chi connectivity index (χ4v) is 1.86. The number of amides is 1. The number of nitrogens with zero attached hydrogens (tertiary/aromatic N) is 2. The Kier molecular flexibility index (Phi) is 3.35. The molecule has 0 saturated carbocycles. The fourth-order valence-electron chi connectivity index (χ4n) is 1.86. The molecule has 1 aromatic carbocycles. The van der Waals surface area contributed by atoms with Crippen LogP contribution < -0.4 is 5.32 Å². The summed E-state index contributed by atoms with van der Waals surface area (Å²) in [4.78, 5) is 13.7. The second-order valence-electron chi connectivity index (χ2n) is 3.82. The van der Waals surface area contributed by atoms with E-state index in [2.05, 4.69) is 5.32 Å². The van der Waals surface area contributed by atoms with Crippen molar-refractivity contribution >= 4 is 5.91 Å². The Hall–Kier alpha value is -1.93. The van der Waals surface area contributed by atoms with Crippen LogP contribution >= 0.6 is 0 Å². The van der Waals surface area contributed by atoms with Gasteiger partial charge in [0.2, 0.25) is 0 Å². The molecule has 0 unspecified atom stereocenters. The van der Waals surface area contributed by atoms with E-state index >= 15 is 0 Å². The first-order valence-corrected chi connectivity index (χ1v) is 5.42. The van der Waals surface area contributed by atoms with Crippen LogP contribution in [0.1, 0.15) is 15.9 Å². The minimum atomic E-state index is -0.632. The van der Waals surface area contributed by atoms with Gasteiger partial charge in [-0.15, -0.1) is 0 Å². The predicted octanol–water partition coefficient (Wildman–Crippen LogP) is 0.743. The average Bonchev–Trinajstić information content (AvgIpc) is 2.38. The molecule has 1 amide bonds. The van der Waals surface area contributed by atoms with Crippen molar-refractivity contribution in [2.75, 3.05) is 26.2 Å². The van der Waals surface area contributed by atoms with Crippen LogP contribution in [0, 0.1) is 17.1 Å². The molecule has 0 bridgehead atoms. The van der Waals surface area contributed by atoms with Gasteiger partial charge in [0.1, 0.15) is 11.9 Å². The van der Waals surface area contributed by atoms with Gasteiger partial charge in [-0.25, -0.2) is 4.39 Å². The van der Waals surface area contributed by atoms with Gasteiger partial charge in [0.05, 0.1) is 11.1 Å². The molecule has 1 N–H and O–H groups in total. The van der Waals surface area contributed by atoms with Crippen LogP contribution in [0.4, 0.5) is 4.39 Å². The van der Waals surface area contributed by atoms with Gasteiger partial charge in [-0.1, -0.05) is 6.07 Å². The first kappa shape index (κ1) is 11.6. The van der Waals surface area contributed by atoms with Crippen LogP contribution in [0.25, 0.3) is 0 Å². The third-order valence-electron chi connectivity index (χ3n) is 2.75. The van der Waals surface area contributed by atoms with Gasteiger partial charge in [0, 0.05) is 26.2 Å². The minimum Gasteiger partial charge on any atom is -0.336 e. The van der Waals surface area contributed by atoms with Crippen LogP contribution in [-0.2, 0) is 0 Å². The lowest BCUT2D eigenvalue weighted by Gasteiger charge is -2.27. The molecule has 5 heteroatoms. The molecule has 0 atom stereocenters. The molecule has 17 heavy (non-hydrogen) atoms. The third-order valence-corrected chi connectivity index (χ3v) is 2.75. The van der Waals surface area contributed by atoms with E-state index in [0.29, 0.717) is 26.2 Å².